The Balaban J connectivity index is 1.60. The number of sulfonamides is 1. The zero-order chi connectivity index (χ0) is 21.6. The molecule has 1 saturated heterocycles. The second kappa shape index (κ2) is 9.70. The number of hydrogen-bond acceptors (Lipinski definition) is 6. The molecule has 1 heterocycles. The lowest BCUT2D eigenvalue weighted by Crippen LogP contribution is -2.48. The van der Waals surface area contributed by atoms with E-state index in [-0.39, 0.29) is 11.4 Å². The zero-order valence-electron chi connectivity index (χ0n) is 16.2. The monoisotopic (exact) mass is 432 g/mol. The molecule has 1 aliphatic rings. The molecule has 0 saturated carbocycles. The number of carboxylic acids is 1. The van der Waals surface area contributed by atoms with Gasteiger partial charge in [0.25, 0.3) is 5.91 Å². The minimum atomic E-state index is -4.03. The van der Waals surface area contributed by atoms with Crippen molar-refractivity contribution in [3.05, 3.63) is 60.2 Å². The average Bonchev–Trinajstić information content (AvgIpc) is 2.77. The van der Waals surface area contributed by atoms with Gasteiger partial charge in [-0.25, -0.2) is 8.42 Å². The van der Waals surface area contributed by atoms with Crippen molar-refractivity contribution in [2.24, 2.45) is 0 Å². The molecule has 1 amide bonds. The fraction of sp³-hybridized carbons (Fsp3) is 0.300. The molecule has 0 spiro atoms. The van der Waals surface area contributed by atoms with Crippen LogP contribution < -0.4 is 20.3 Å². The van der Waals surface area contributed by atoms with Gasteiger partial charge >= 0.3 is 5.97 Å². The van der Waals surface area contributed by atoms with Gasteiger partial charge in [0.05, 0.1) is 4.90 Å². The summed E-state index contributed by atoms with van der Waals surface area (Å²) in [5, 5.41) is 15.1. The fourth-order valence-corrected chi connectivity index (χ4v) is 4.29. The third-order valence-corrected chi connectivity index (χ3v) is 6.21. The summed E-state index contributed by atoms with van der Waals surface area (Å²) in [7, 11) is -4.03. The van der Waals surface area contributed by atoms with Gasteiger partial charge in [0.1, 0.15) is 6.04 Å². The molecule has 160 valence electrons. The summed E-state index contributed by atoms with van der Waals surface area (Å²) in [5.74, 6) is -1.86. The van der Waals surface area contributed by atoms with Crippen molar-refractivity contribution < 1.29 is 23.1 Å². The van der Waals surface area contributed by atoms with Crippen LogP contribution in [0.4, 0.5) is 5.69 Å². The highest BCUT2D eigenvalue weighted by atomic mass is 32.2. The third kappa shape index (κ3) is 5.56. The lowest BCUT2D eigenvalue weighted by atomic mass is 10.1. The molecule has 30 heavy (non-hydrogen) atoms. The summed E-state index contributed by atoms with van der Waals surface area (Å²) in [6, 6.07) is 13.0. The Kier molecular flexibility index (Phi) is 7.03. The second-order valence-corrected chi connectivity index (χ2v) is 8.53. The van der Waals surface area contributed by atoms with Crippen molar-refractivity contribution in [3.8, 4) is 0 Å². The van der Waals surface area contributed by atoms with E-state index in [0.29, 0.717) is 5.56 Å². The first kappa shape index (κ1) is 21.8. The molecule has 2 aromatic rings. The lowest BCUT2D eigenvalue weighted by molar-refractivity contribution is -0.138. The molecule has 0 aliphatic carbocycles. The summed E-state index contributed by atoms with van der Waals surface area (Å²) in [6.07, 6.45) is 0. The van der Waals surface area contributed by atoms with Crippen LogP contribution in [0.3, 0.4) is 0 Å². The maximum Gasteiger partial charge on any atom is 0.323 e. The van der Waals surface area contributed by atoms with Crippen LogP contribution in [0.25, 0.3) is 0 Å². The lowest BCUT2D eigenvalue weighted by Gasteiger charge is -2.29. The molecule has 0 bridgehead atoms. The fourth-order valence-electron chi connectivity index (χ4n) is 3.08. The first-order valence-electron chi connectivity index (χ1n) is 9.51. The molecule has 1 aliphatic heterocycles. The summed E-state index contributed by atoms with van der Waals surface area (Å²) in [4.78, 5) is 26.0. The Labute approximate surface area is 175 Å². The van der Waals surface area contributed by atoms with E-state index in [9.17, 15) is 23.1 Å². The SMILES string of the molecule is O=C(NC[C@H](NS(=O)(=O)c1ccccc1)C(=O)O)c1ccc(N2CCNCC2)cc1. The molecule has 1 fully saturated rings. The van der Waals surface area contributed by atoms with Crippen molar-refractivity contribution in [3.63, 3.8) is 0 Å². The van der Waals surface area contributed by atoms with Gasteiger partial charge in [0.15, 0.2) is 0 Å². The number of carboxylic acid groups (broad SMARTS) is 1. The summed E-state index contributed by atoms with van der Waals surface area (Å²) in [6.45, 7) is 3.18. The van der Waals surface area contributed by atoms with Crippen LogP contribution in [-0.2, 0) is 14.8 Å². The summed E-state index contributed by atoms with van der Waals surface area (Å²) >= 11 is 0. The van der Waals surface area contributed by atoms with Gasteiger partial charge < -0.3 is 20.6 Å². The van der Waals surface area contributed by atoms with Crippen LogP contribution in [0.2, 0.25) is 0 Å². The molecular weight excluding hydrogens is 408 g/mol. The van der Waals surface area contributed by atoms with Gasteiger partial charge in [-0.2, -0.15) is 4.72 Å². The Morgan fingerprint density at radius 1 is 1.03 bits per heavy atom. The van der Waals surface area contributed by atoms with Gasteiger partial charge in [-0.3, -0.25) is 9.59 Å². The Morgan fingerprint density at radius 3 is 2.27 bits per heavy atom. The number of hydrogen-bond donors (Lipinski definition) is 4. The first-order valence-corrected chi connectivity index (χ1v) is 11.0. The number of amides is 1. The van der Waals surface area contributed by atoms with E-state index in [2.05, 4.69) is 20.3 Å². The van der Waals surface area contributed by atoms with E-state index >= 15 is 0 Å². The van der Waals surface area contributed by atoms with Crippen LogP contribution in [0, 0.1) is 0 Å². The van der Waals surface area contributed by atoms with Crippen molar-refractivity contribution in [1.29, 1.82) is 0 Å². The maximum absolute atomic E-state index is 12.4. The van der Waals surface area contributed by atoms with Gasteiger partial charge in [-0.05, 0) is 36.4 Å². The second-order valence-electron chi connectivity index (χ2n) is 6.82. The number of anilines is 1. The Hall–Kier alpha value is -2.95. The van der Waals surface area contributed by atoms with Crippen molar-refractivity contribution in [2.45, 2.75) is 10.9 Å². The molecular formula is C20H24N4O5S. The quantitative estimate of drug-likeness (QED) is 0.471. The molecule has 1 atom stereocenters. The predicted octanol–water partition coefficient (Wildman–Crippen LogP) is 0.258. The molecule has 9 nitrogen and oxygen atoms in total. The van der Waals surface area contributed by atoms with E-state index in [1.807, 2.05) is 12.1 Å². The Bertz CT molecular complexity index is 974. The molecule has 3 rings (SSSR count). The maximum atomic E-state index is 12.4. The average molecular weight is 433 g/mol. The van der Waals surface area contributed by atoms with E-state index in [1.54, 1.807) is 18.2 Å². The molecule has 0 unspecified atom stereocenters. The zero-order valence-corrected chi connectivity index (χ0v) is 17.1. The number of carbonyl (C=O) groups is 2. The Morgan fingerprint density at radius 2 is 1.67 bits per heavy atom. The predicted molar refractivity (Wildman–Crippen MR) is 112 cm³/mol. The minimum Gasteiger partial charge on any atom is -0.480 e. The molecule has 0 radical (unpaired) electrons. The van der Waals surface area contributed by atoms with E-state index in [1.165, 1.54) is 24.3 Å². The third-order valence-electron chi connectivity index (χ3n) is 4.73. The number of aliphatic carboxylic acids is 1. The standard InChI is InChI=1S/C20H24N4O5S/c25-19(15-6-8-16(9-7-15)24-12-10-21-11-13-24)22-14-18(20(26)27)23-30(28,29)17-4-2-1-3-5-17/h1-9,18,21,23H,10-14H2,(H,22,25)(H,26,27)/t18-/m0/s1. The van der Waals surface area contributed by atoms with E-state index in [0.717, 1.165) is 31.9 Å². The summed E-state index contributed by atoms with van der Waals surface area (Å²) < 4.78 is 26.8. The van der Waals surface area contributed by atoms with Gasteiger partial charge in [0.2, 0.25) is 10.0 Å². The number of benzene rings is 2. The van der Waals surface area contributed by atoms with Crippen LogP contribution >= 0.6 is 0 Å². The number of carbonyl (C=O) groups excluding carboxylic acids is 1. The van der Waals surface area contributed by atoms with Crippen molar-refractivity contribution >= 4 is 27.6 Å². The highest BCUT2D eigenvalue weighted by molar-refractivity contribution is 7.89. The topological polar surface area (TPSA) is 128 Å². The largest absolute Gasteiger partial charge is 0.480 e. The van der Waals surface area contributed by atoms with Crippen LogP contribution in [0.1, 0.15) is 10.4 Å². The number of rotatable bonds is 8. The molecule has 4 N–H and O–H groups in total. The smallest absolute Gasteiger partial charge is 0.323 e. The van der Waals surface area contributed by atoms with Crippen LogP contribution in [0.15, 0.2) is 59.5 Å². The summed E-state index contributed by atoms with van der Waals surface area (Å²) in [5.41, 5.74) is 1.37. The first-order chi connectivity index (χ1) is 14.4. The van der Waals surface area contributed by atoms with E-state index < -0.39 is 27.9 Å². The minimum absolute atomic E-state index is 0.0499. The van der Waals surface area contributed by atoms with Gasteiger partial charge in [0, 0.05) is 44.0 Å². The number of nitrogens with zero attached hydrogens (tertiary/aromatic N) is 1. The van der Waals surface area contributed by atoms with Crippen LogP contribution in [-0.4, -0.2) is 64.2 Å². The highest BCUT2D eigenvalue weighted by Crippen LogP contribution is 2.16. The van der Waals surface area contributed by atoms with Crippen molar-refractivity contribution in [1.82, 2.24) is 15.4 Å². The molecule has 10 heteroatoms. The van der Waals surface area contributed by atoms with E-state index in [4.69, 9.17) is 0 Å². The molecule has 2 aromatic carbocycles. The van der Waals surface area contributed by atoms with Crippen molar-refractivity contribution in [2.75, 3.05) is 37.6 Å². The van der Waals surface area contributed by atoms with Gasteiger partial charge in [-0.15, -0.1) is 0 Å². The number of nitrogens with one attached hydrogen (secondary N) is 3. The number of piperazine rings is 1. The molecule has 0 aromatic heterocycles. The highest BCUT2D eigenvalue weighted by Gasteiger charge is 2.26. The van der Waals surface area contributed by atoms with Crippen LogP contribution in [0.5, 0.6) is 0 Å². The van der Waals surface area contributed by atoms with Gasteiger partial charge in [-0.1, -0.05) is 18.2 Å². The normalized spacial score (nSPS) is 15.4.